The van der Waals surface area contributed by atoms with Crippen molar-refractivity contribution in [2.75, 3.05) is 0 Å². The first-order valence-electron chi connectivity index (χ1n) is 4.54. The van der Waals surface area contributed by atoms with Crippen LogP contribution < -0.4 is 18.9 Å². The summed E-state index contributed by atoms with van der Waals surface area (Å²) >= 11 is 4.52. The summed E-state index contributed by atoms with van der Waals surface area (Å²) in [6.07, 6.45) is 0. The van der Waals surface area contributed by atoms with E-state index in [1.807, 2.05) is 0 Å². The molecule has 0 saturated carbocycles. The van der Waals surface area contributed by atoms with Crippen molar-refractivity contribution in [3.05, 3.63) is 48.7 Å². The average molecular weight is 215 g/mol. The Balaban J connectivity index is 0. The molecule has 0 atom stereocenters. The molecule has 15 heavy (non-hydrogen) atoms. The monoisotopic (exact) mass is 215 g/mol. The molecule has 80 valence electrons. The molecule has 0 unspecified atom stereocenters. The minimum atomic E-state index is -0.0415. The Bertz CT molecular complexity index is 270. The topological polar surface area (TPSA) is 0 Å². The van der Waals surface area contributed by atoms with Crippen LogP contribution in [0.3, 0.4) is 0 Å². The fourth-order valence-electron chi connectivity index (χ4n) is 1.21. The summed E-state index contributed by atoms with van der Waals surface area (Å²) < 4.78 is -0.0415. The van der Waals surface area contributed by atoms with Gasteiger partial charge in [-0.3, -0.25) is 0 Å². The largest absolute Gasteiger partial charge is 1.00 e. The van der Waals surface area contributed by atoms with Crippen LogP contribution in [0.4, 0.5) is 0 Å². The standard InChI is InChI=1S/C12H17S.CH3.Li/c1-9(2)10-5-7-11(8-6-10)12(3,4)13;;/h5-8,13H,1-4H3;1H3;/q2*-1;+1. The van der Waals surface area contributed by atoms with Gasteiger partial charge in [0.1, 0.15) is 0 Å². The van der Waals surface area contributed by atoms with Crippen molar-refractivity contribution < 1.29 is 18.9 Å². The Labute approximate surface area is 112 Å². The van der Waals surface area contributed by atoms with Crippen LogP contribution >= 0.6 is 12.6 Å². The minimum Gasteiger partial charge on any atom is -0.358 e. The fourth-order valence-corrected chi connectivity index (χ4v) is 1.36. The summed E-state index contributed by atoms with van der Waals surface area (Å²) in [5, 5.41) is 0. The second-order valence-corrected chi connectivity index (χ2v) is 5.25. The first-order chi connectivity index (χ1) is 5.91. The molecule has 0 nitrogen and oxygen atoms in total. The molecular formula is C13H20LiS-. The van der Waals surface area contributed by atoms with Gasteiger partial charge in [-0.25, -0.2) is 0 Å². The van der Waals surface area contributed by atoms with Crippen LogP contribution in [0, 0.1) is 13.3 Å². The number of rotatable bonds is 2. The second-order valence-electron chi connectivity index (χ2n) is 4.14. The molecule has 0 aliphatic heterocycles. The van der Waals surface area contributed by atoms with Gasteiger partial charge in [0.15, 0.2) is 0 Å². The van der Waals surface area contributed by atoms with Crippen LogP contribution in [0.15, 0.2) is 24.3 Å². The molecule has 0 fully saturated rings. The molecule has 1 aromatic carbocycles. The van der Waals surface area contributed by atoms with E-state index in [9.17, 15) is 0 Å². The predicted octanol–water partition coefficient (Wildman–Crippen LogP) is 1.27. The Morgan fingerprint density at radius 3 is 1.73 bits per heavy atom. The molecule has 0 N–H and O–H groups in total. The Morgan fingerprint density at radius 2 is 1.47 bits per heavy atom. The van der Waals surface area contributed by atoms with Crippen molar-refractivity contribution in [2.45, 2.75) is 32.4 Å². The smallest absolute Gasteiger partial charge is 0.358 e. The third-order valence-electron chi connectivity index (χ3n) is 2.17. The third kappa shape index (κ3) is 5.07. The van der Waals surface area contributed by atoms with Crippen LogP contribution in [0.1, 0.15) is 38.8 Å². The van der Waals surface area contributed by atoms with Gasteiger partial charge in [0.2, 0.25) is 0 Å². The molecule has 0 saturated heterocycles. The van der Waals surface area contributed by atoms with Gasteiger partial charge in [0.25, 0.3) is 0 Å². The molecule has 2 heteroatoms. The van der Waals surface area contributed by atoms with Crippen molar-refractivity contribution in [1.29, 1.82) is 0 Å². The first kappa shape index (κ1) is 17.4. The van der Waals surface area contributed by atoms with E-state index in [2.05, 4.69) is 64.6 Å². The molecular weight excluding hydrogens is 195 g/mol. The molecule has 0 radical (unpaired) electrons. The van der Waals surface area contributed by atoms with Crippen LogP contribution in [0.5, 0.6) is 0 Å². The van der Waals surface area contributed by atoms with Gasteiger partial charge in [-0.05, 0) is 13.8 Å². The molecule has 0 aliphatic carbocycles. The van der Waals surface area contributed by atoms with Gasteiger partial charge in [0.05, 0.1) is 0 Å². The SMILES string of the molecule is C[C-](C)c1ccc(C(C)(C)S)cc1.[CH3-].[Li+]. The van der Waals surface area contributed by atoms with Crippen molar-refractivity contribution >= 4 is 12.6 Å². The Morgan fingerprint density at radius 1 is 1.07 bits per heavy atom. The molecule has 1 rings (SSSR count). The van der Waals surface area contributed by atoms with E-state index in [-0.39, 0.29) is 31.0 Å². The minimum absolute atomic E-state index is 0. The molecule has 0 aromatic heterocycles. The van der Waals surface area contributed by atoms with Gasteiger partial charge >= 0.3 is 18.9 Å². The van der Waals surface area contributed by atoms with Crippen molar-refractivity contribution in [3.63, 3.8) is 0 Å². The van der Waals surface area contributed by atoms with Gasteiger partial charge in [-0.2, -0.15) is 36.2 Å². The van der Waals surface area contributed by atoms with Crippen molar-refractivity contribution in [3.8, 4) is 0 Å². The number of hydrogen-bond donors (Lipinski definition) is 1. The van der Waals surface area contributed by atoms with E-state index in [1.165, 1.54) is 17.0 Å². The maximum Gasteiger partial charge on any atom is 1.00 e. The zero-order valence-electron chi connectivity index (χ0n) is 10.8. The van der Waals surface area contributed by atoms with Crippen LogP contribution in [-0.2, 0) is 4.75 Å². The summed E-state index contributed by atoms with van der Waals surface area (Å²) in [5.74, 6) is 1.35. The van der Waals surface area contributed by atoms with Gasteiger partial charge in [-0.1, -0.05) is 19.4 Å². The zero-order chi connectivity index (χ0) is 10.1. The Kier molecular flexibility index (Phi) is 7.65. The van der Waals surface area contributed by atoms with Crippen LogP contribution in [0.25, 0.3) is 0 Å². The summed E-state index contributed by atoms with van der Waals surface area (Å²) in [7, 11) is 0. The first-order valence-corrected chi connectivity index (χ1v) is 4.99. The Hall–Kier alpha value is 0.0374. The molecule has 0 spiro atoms. The summed E-state index contributed by atoms with van der Waals surface area (Å²) in [5.41, 5.74) is 2.57. The molecule has 0 bridgehead atoms. The maximum absolute atomic E-state index is 4.52. The summed E-state index contributed by atoms with van der Waals surface area (Å²) in [6.45, 7) is 8.46. The summed E-state index contributed by atoms with van der Waals surface area (Å²) in [4.78, 5) is 0. The molecule has 0 heterocycles. The quantitative estimate of drug-likeness (QED) is 0.429. The van der Waals surface area contributed by atoms with E-state index in [0.717, 1.165) is 0 Å². The van der Waals surface area contributed by atoms with Crippen molar-refractivity contribution in [1.82, 2.24) is 0 Å². The normalized spacial score (nSPS) is 9.93. The molecule has 0 aliphatic rings. The number of thiol groups is 1. The predicted molar refractivity (Wildman–Crippen MR) is 68.6 cm³/mol. The second kappa shape index (κ2) is 6.58. The molecule has 0 amide bonds. The van der Waals surface area contributed by atoms with Gasteiger partial charge in [-0.15, -0.1) is 12.1 Å². The van der Waals surface area contributed by atoms with Crippen molar-refractivity contribution in [2.24, 2.45) is 0 Å². The average Bonchev–Trinajstić information content (AvgIpc) is 2.03. The van der Waals surface area contributed by atoms with E-state index >= 15 is 0 Å². The third-order valence-corrected chi connectivity index (χ3v) is 2.43. The van der Waals surface area contributed by atoms with E-state index < -0.39 is 0 Å². The zero-order valence-corrected chi connectivity index (χ0v) is 11.7. The molecule has 1 aromatic rings. The van der Waals surface area contributed by atoms with Crippen LogP contribution in [0.2, 0.25) is 0 Å². The van der Waals surface area contributed by atoms with E-state index in [4.69, 9.17) is 0 Å². The van der Waals surface area contributed by atoms with E-state index in [1.54, 1.807) is 0 Å². The number of benzene rings is 1. The van der Waals surface area contributed by atoms with Crippen LogP contribution in [-0.4, -0.2) is 0 Å². The van der Waals surface area contributed by atoms with Gasteiger partial charge in [0, 0.05) is 4.75 Å². The van der Waals surface area contributed by atoms with Gasteiger partial charge < -0.3 is 7.43 Å². The maximum atomic E-state index is 4.52. The van der Waals surface area contributed by atoms with E-state index in [0.29, 0.717) is 0 Å². The number of hydrogen-bond acceptors (Lipinski definition) is 1. The summed E-state index contributed by atoms with van der Waals surface area (Å²) in [6, 6.07) is 8.61. The fraction of sp³-hybridized carbons (Fsp3) is 0.385.